The first kappa shape index (κ1) is 13.4. The van der Waals surface area contributed by atoms with Crippen LogP contribution < -0.4 is 5.32 Å². The van der Waals surface area contributed by atoms with Crippen molar-refractivity contribution in [1.29, 1.82) is 0 Å². The van der Waals surface area contributed by atoms with E-state index in [1.807, 2.05) is 59.4 Å². The number of hydrogen-bond acceptors (Lipinski definition) is 5. The standard InChI is InChI=1S/C16H15N7/c1-2-5-13(6-3-1)16-20-19-15-8-7-14(21-23(15)16)17-10-12-22-11-4-9-18-22/h1-9,11H,10,12H2,(H,17,21). The third-order valence-electron chi connectivity index (χ3n) is 3.50. The molecule has 0 aliphatic carbocycles. The number of benzene rings is 1. The molecular formula is C16H15N7. The summed E-state index contributed by atoms with van der Waals surface area (Å²) in [5.41, 5.74) is 1.71. The molecule has 4 aromatic rings. The van der Waals surface area contributed by atoms with Gasteiger partial charge in [0.05, 0.1) is 6.54 Å². The lowest BCUT2D eigenvalue weighted by Gasteiger charge is -2.06. The van der Waals surface area contributed by atoms with Crippen molar-refractivity contribution in [3.8, 4) is 11.4 Å². The normalized spacial score (nSPS) is 11.0. The number of fused-ring (bicyclic) bond motifs is 1. The minimum Gasteiger partial charge on any atom is -0.367 e. The van der Waals surface area contributed by atoms with Crippen LogP contribution in [0.4, 0.5) is 5.82 Å². The molecule has 0 radical (unpaired) electrons. The number of rotatable bonds is 5. The molecule has 0 bridgehead atoms. The smallest absolute Gasteiger partial charge is 0.185 e. The quantitative estimate of drug-likeness (QED) is 0.611. The van der Waals surface area contributed by atoms with E-state index in [1.165, 1.54) is 0 Å². The first-order chi connectivity index (χ1) is 11.4. The van der Waals surface area contributed by atoms with Crippen LogP contribution in [0, 0.1) is 0 Å². The van der Waals surface area contributed by atoms with Crippen molar-refractivity contribution in [2.45, 2.75) is 6.54 Å². The number of anilines is 1. The highest BCUT2D eigenvalue weighted by Crippen LogP contribution is 2.17. The lowest BCUT2D eigenvalue weighted by Crippen LogP contribution is -2.12. The van der Waals surface area contributed by atoms with E-state index < -0.39 is 0 Å². The Balaban J connectivity index is 1.57. The highest BCUT2D eigenvalue weighted by molar-refractivity contribution is 5.59. The van der Waals surface area contributed by atoms with Crippen molar-refractivity contribution < 1.29 is 0 Å². The van der Waals surface area contributed by atoms with Gasteiger partial charge in [0.25, 0.3) is 0 Å². The number of nitrogens with zero attached hydrogens (tertiary/aromatic N) is 6. The molecule has 0 unspecified atom stereocenters. The van der Waals surface area contributed by atoms with E-state index >= 15 is 0 Å². The molecule has 7 heteroatoms. The van der Waals surface area contributed by atoms with E-state index in [1.54, 1.807) is 10.7 Å². The van der Waals surface area contributed by atoms with Crippen molar-refractivity contribution >= 4 is 11.5 Å². The lowest BCUT2D eigenvalue weighted by atomic mass is 10.2. The second-order valence-corrected chi connectivity index (χ2v) is 5.07. The van der Waals surface area contributed by atoms with E-state index in [-0.39, 0.29) is 0 Å². The van der Waals surface area contributed by atoms with Crippen LogP contribution >= 0.6 is 0 Å². The second kappa shape index (κ2) is 5.88. The molecule has 1 N–H and O–H groups in total. The highest BCUT2D eigenvalue weighted by atomic mass is 15.4. The molecule has 0 fully saturated rings. The van der Waals surface area contributed by atoms with E-state index in [2.05, 4.69) is 25.7 Å². The molecule has 23 heavy (non-hydrogen) atoms. The minimum absolute atomic E-state index is 0.724. The van der Waals surface area contributed by atoms with Crippen molar-refractivity contribution in [2.24, 2.45) is 0 Å². The fourth-order valence-electron chi connectivity index (χ4n) is 2.38. The van der Waals surface area contributed by atoms with Crippen molar-refractivity contribution in [1.82, 2.24) is 29.6 Å². The molecular weight excluding hydrogens is 290 g/mol. The van der Waals surface area contributed by atoms with Crippen molar-refractivity contribution in [2.75, 3.05) is 11.9 Å². The summed E-state index contributed by atoms with van der Waals surface area (Å²) in [5, 5.41) is 20.5. The molecule has 3 heterocycles. The summed E-state index contributed by atoms with van der Waals surface area (Å²) in [5.74, 6) is 1.51. The summed E-state index contributed by atoms with van der Waals surface area (Å²) < 4.78 is 3.63. The number of nitrogens with one attached hydrogen (secondary N) is 1. The zero-order valence-electron chi connectivity index (χ0n) is 12.4. The van der Waals surface area contributed by atoms with Crippen molar-refractivity contribution in [3.63, 3.8) is 0 Å². The average Bonchev–Trinajstić information content (AvgIpc) is 3.25. The molecule has 3 aromatic heterocycles. The molecule has 0 aliphatic rings. The topological polar surface area (TPSA) is 72.9 Å². The average molecular weight is 305 g/mol. The maximum atomic E-state index is 4.58. The fraction of sp³-hybridized carbons (Fsp3) is 0.125. The third kappa shape index (κ3) is 2.76. The maximum absolute atomic E-state index is 4.58. The van der Waals surface area contributed by atoms with Gasteiger partial charge in [0.1, 0.15) is 5.82 Å². The van der Waals surface area contributed by atoms with Crippen LogP contribution in [-0.2, 0) is 6.54 Å². The van der Waals surface area contributed by atoms with Gasteiger partial charge >= 0.3 is 0 Å². The Labute approximate surface area is 132 Å². The van der Waals surface area contributed by atoms with Crippen LogP contribution in [0.5, 0.6) is 0 Å². The Bertz CT molecular complexity index is 897. The van der Waals surface area contributed by atoms with Crippen LogP contribution in [0.2, 0.25) is 0 Å². The lowest BCUT2D eigenvalue weighted by molar-refractivity contribution is 0.636. The molecule has 0 saturated heterocycles. The summed E-state index contributed by atoms with van der Waals surface area (Å²) in [7, 11) is 0. The van der Waals surface area contributed by atoms with Crippen LogP contribution in [0.15, 0.2) is 60.9 Å². The summed E-state index contributed by atoms with van der Waals surface area (Å²) in [6.07, 6.45) is 3.71. The van der Waals surface area contributed by atoms with Gasteiger partial charge in [0.2, 0.25) is 0 Å². The number of hydrogen-bond donors (Lipinski definition) is 1. The molecule has 0 spiro atoms. The Morgan fingerprint density at radius 1 is 0.957 bits per heavy atom. The maximum Gasteiger partial charge on any atom is 0.185 e. The SMILES string of the molecule is c1ccc(-c2nnc3ccc(NCCn4cccn4)nn23)cc1. The molecule has 0 atom stereocenters. The molecule has 0 aliphatic heterocycles. The van der Waals surface area contributed by atoms with Gasteiger partial charge < -0.3 is 5.32 Å². The van der Waals surface area contributed by atoms with E-state index in [0.29, 0.717) is 0 Å². The first-order valence-corrected chi connectivity index (χ1v) is 7.39. The zero-order valence-corrected chi connectivity index (χ0v) is 12.4. The molecule has 7 nitrogen and oxygen atoms in total. The zero-order chi connectivity index (χ0) is 15.5. The molecule has 0 saturated carbocycles. The Hall–Kier alpha value is -3.22. The largest absolute Gasteiger partial charge is 0.367 e. The van der Waals surface area contributed by atoms with Crippen LogP contribution in [-0.4, -0.2) is 36.1 Å². The van der Waals surface area contributed by atoms with Crippen LogP contribution in [0.25, 0.3) is 17.0 Å². The van der Waals surface area contributed by atoms with Gasteiger partial charge in [0, 0.05) is 24.5 Å². The van der Waals surface area contributed by atoms with Gasteiger partial charge in [-0.2, -0.15) is 9.61 Å². The Morgan fingerprint density at radius 2 is 1.87 bits per heavy atom. The van der Waals surface area contributed by atoms with Gasteiger partial charge in [-0.15, -0.1) is 15.3 Å². The van der Waals surface area contributed by atoms with Crippen molar-refractivity contribution in [3.05, 3.63) is 60.9 Å². The predicted octanol–water partition coefficient (Wildman–Crippen LogP) is 2.10. The molecule has 114 valence electrons. The summed E-state index contributed by atoms with van der Waals surface area (Å²) in [6, 6.07) is 15.6. The Kier molecular flexibility index (Phi) is 3.44. The highest BCUT2D eigenvalue weighted by Gasteiger charge is 2.09. The molecule has 0 amide bonds. The third-order valence-corrected chi connectivity index (χ3v) is 3.50. The van der Waals surface area contributed by atoms with Crippen LogP contribution in [0.1, 0.15) is 0 Å². The fourth-order valence-corrected chi connectivity index (χ4v) is 2.38. The Morgan fingerprint density at radius 3 is 2.70 bits per heavy atom. The van der Waals surface area contributed by atoms with E-state index in [4.69, 9.17) is 0 Å². The first-order valence-electron chi connectivity index (χ1n) is 7.39. The predicted molar refractivity (Wildman–Crippen MR) is 86.9 cm³/mol. The second-order valence-electron chi connectivity index (χ2n) is 5.07. The van der Waals surface area contributed by atoms with Gasteiger partial charge in [-0.25, -0.2) is 0 Å². The molecule has 1 aromatic carbocycles. The van der Waals surface area contributed by atoms with Gasteiger partial charge in [0.15, 0.2) is 11.5 Å². The van der Waals surface area contributed by atoms with Gasteiger partial charge in [-0.3, -0.25) is 4.68 Å². The van der Waals surface area contributed by atoms with E-state index in [0.717, 1.165) is 35.9 Å². The summed E-state index contributed by atoms with van der Waals surface area (Å²) in [6.45, 7) is 1.52. The van der Waals surface area contributed by atoms with E-state index in [9.17, 15) is 0 Å². The minimum atomic E-state index is 0.724. The van der Waals surface area contributed by atoms with Gasteiger partial charge in [-0.05, 0) is 18.2 Å². The summed E-state index contributed by atoms with van der Waals surface area (Å²) >= 11 is 0. The summed E-state index contributed by atoms with van der Waals surface area (Å²) in [4.78, 5) is 0. The van der Waals surface area contributed by atoms with Gasteiger partial charge in [-0.1, -0.05) is 30.3 Å². The molecule has 4 rings (SSSR count). The number of aromatic nitrogens is 6. The van der Waals surface area contributed by atoms with Crippen LogP contribution in [0.3, 0.4) is 0 Å². The monoisotopic (exact) mass is 305 g/mol.